The molecule has 0 aromatic heterocycles. The molecular weight excluding hydrogens is 78.1 g/mol. The number of hydrogen-bond donors (Lipinski definition) is 0. The van der Waals surface area contributed by atoms with E-state index in [1.165, 1.54) is 29.9 Å². The van der Waals surface area contributed by atoms with Crippen LogP contribution in [-0.4, -0.2) is 28.1 Å². The zero-order chi connectivity index (χ0) is 3.70. The van der Waals surface area contributed by atoms with E-state index in [0.717, 1.165) is 0 Å². The minimum atomic E-state index is 1.29. The molecule has 2 heteroatoms. The summed E-state index contributed by atoms with van der Waals surface area (Å²) in [6, 6.07) is 0. The zero-order valence-corrected chi connectivity index (χ0v) is 5.57. The highest BCUT2D eigenvalue weighted by Gasteiger charge is 2.04. The molecule has 1 fully saturated rings. The molecule has 0 radical (unpaired) electrons. The lowest BCUT2D eigenvalue weighted by molar-refractivity contribution is 0.328. The molecule has 1 aliphatic rings. The summed E-state index contributed by atoms with van der Waals surface area (Å²) in [5.41, 5.74) is 0. The Morgan fingerprint density at radius 3 is 1.80 bits per heavy atom. The molecule has 1 rings (SSSR count). The Kier molecular flexibility index (Phi) is 0.745. The molecule has 0 spiro atoms. The topological polar surface area (TPSA) is 3.24 Å². The van der Waals surface area contributed by atoms with E-state index in [-0.39, 0.29) is 0 Å². The van der Waals surface area contributed by atoms with Crippen LogP contribution in [0.1, 0.15) is 6.42 Å². The molecule has 1 nitrogen and oxygen atoms in total. The molecule has 5 heavy (non-hydrogen) atoms. The standard InChI is InChI=1S/C3H9NSi/c5-4-2-1-3-4/h1-3H2,5H3. The predicted octanol–water partition coefficient (Wildman–Crippen LogP) is -1.03. The van der Waals surface area contributed by atoms with Gasteiger partial charge >= 0.3 is 0 Å². The van der Waals surface area contributed by atoms with E-state index in [0.29, 0.717) is 0 Å². The maximum Gasteiger partial charge on any atom is 0.0784 e. The van der Waals surface area contributed by atoms with Crippen LogP contribution in [0.5, 0.6) is 0 Å². The van der Waals surface area contributed by atoms with Crippen molar-refractivity contribution in [3.8, 4) is 0 Å². The summed E-state index contributed by atoms with van der Waals surface area (Å²) in [6.07, 6.45) is 1.45. The van der Waals surface area contributed by atoms with E-state index in [9.17, 15) is 0 Å². The first kappa shape index (κ1) is 3.37. The highest BCUT2D eigenvalue weighted by molar-refractivity contribution is 6.04. The second-order valence-electron chi connectivity index (χ2n) is 1.66. The maximum absolute atomic E-state index is 2.44. The van der Waals surface area contributed by atoms with Crippen molar-refractivity contribution in [2.45, 2.75) is 6.42 Å². The summed E-state index contributed by atoms with van der Waals surface area (Å²) in [6.45, 7) is 2.76. The lowest BCUT2D eigenvalue weighted by Crippen LogP contribution is -2.34. The quantitative estimate of drug-likeness (QED) is 0.342. The first-order valence-corrected chi connectivity index (χ1v) is 2.97. The SMILES string of the molecule is [SiH3]N1CCC1. The van der Waals surface area contributed by atoms with Gasteiger partial charge in [0.15, 0.2) is 0 Å². The van der Waals surface area contributed by atoms with Crippen LogP contribution < -0.4 is 0 Å². The highest BCUT2D eigenvalue weighted by Crippen LogP contribution is 1.97. The normalized spacial score (nSPS) is 26.4. The average Bonchev–Trinajstić information content (AvgIpc) is 1.30. The largest absolute Gasteiger partial charge is 0.332 e. The third kappa shape index (κ3) is 0.519. The van der Waals surface area contributed by atoms with Gasteiger partial charge in [-0.25, -0.2) is 0 Å². The minimum Gasteiger partial charge on any atom is -0.332 e. The first-order chi connectivity index (χ1) is 2.39. The summed E-state index contributed by atoms with van der Waals surface area (Å²) >= 11 is 0. The molecule has 0 aliphatic carbocycles. The summed E-state index contributed by atoms with van der Waals surface area (Å²) in [4.78, 5) is 0. The fraction of sp³-hybridized carbons (Fsp3) is 1.00. The van der Waals surface area contributed by atoms with Crippen LogP contribution in [0, 0.1) is 0 Å². The second-order valence-corrected chi connectivity index (χ2v) is 2.92. The molecule has 30 valence electrons. The number of nitrogens with zero attached hydrogens (tertiary/aromatic N) is 1. The number of rotatable bonds is 0. The fourth-order valence-corrected chi connectivity index (χ4v) is 1.11. The zero-order valence-electron chi connectivity index (χ0n) is 3.57. The molecule has 1 heterocycles. The van der Waals surface area contributed by atoms with Gasteiger partial charge in [0.1, 0.15) is 0 Å². The van der Waals surface area contributed by atoms with Gasteiger partial charge < -0.3 is 4.57 Å². The van der Waals surface area contributed by atoms with E-state index < -0.39 is 0 Å². The van der Waals surface area contributed by atoms with E-state index in [1.54, 1.807) is 0 Å². The van der Waals surface area contributed by atoms with E-state index in [4.69, 9.17) is 0 Å². The summed E-state index contributed by atoms with van der Waals surface area (Å²) < 4.78 is 2.44. The molecule has 0 bridgehead atoms. The molecule has 1 aliphatic heterocycles. The number of hydrogen-bond acceptors (Lipinski definition) is 1. The summed E-state index contributed by atoms with van der Waals surface area (Å²) in [7, 11) is 1.29. The smallest absolute Gasteiger partial charge is 0.0784 e. The molecule has 0 unspecified atom stereocenters. The van der Waals surface area contributed by atoms with Gasteiger partial charge in [-0.3, -0.25) is 0 Å². The van der Waals surface area contributed by atoms with Crippen molar-refractivity contribution in [2.75, 3.05) is 13.1 Å². The fourth-order valence-electron chi connectivity index (χ4n) is 0.474. The second kappa shape index (κ2) is 1.10. The molecule has 0 atom stereocenters. The first-order valence-electron chi connectivity index (χ1n) is 2.08. The van der Waals surface area contributed by atoms with Gasteiger partial charge in [0, 0.05) is 0 Å². The van der Waals surface area contributed by atoms with E-state index in [1.807, 2.05) is 0 Å². The van der Waals surface area contributed by atoms with Crippen molar-refractivity contribution in [3.63, 3.8) is 0 Å². The van der Waals surface area contributed by atoms with Gasteiger partial charge in [-0.2, -0.15) is 0 Å². The van der Waals surface area contributed by atoms with Gasteiger partial charge in [0.2, 0.25) is 0 Å². The van der Waals surface area contributed by atoms with Crippen LogP contribution in [0.25, 0.3) is 0 Å². The monoisotopic (exact) mass is 87.1 g/mol. The van der Waals surface area contributed by atoms with Crippen molar-refractivity contribution in [1.82, 2.24) is 4.57 Å². The Morgan fingerprint density at radius 1 is 1.40 bits per heavy atom. The van der Waals surface area contributed by atoms with Gasteiger partial charge in [-0.1, -0.05) is 0 Å². The molecular formula is C3H9NSi. The van der Waals surface area contributed by atoms with Crippen LogP contribution in [0.4, 0.5) is 0 Å². The Hall–Kier alpha value is 0.177. The van der Waals surface area contributed by atoms with Gasteiger partial charge in [-0.05, 0) is 19.5 Å². The predicted molar refractivity (Wildman–Crippen MR) is 26.1 cm³/mol. The Morgan fingerprint density at radius 2 is 1.80 bits per heavy atom. The summed E-state index contributed by atoms with van der Waals surface area (Å²) in [5.74, 6) is 0. The highest BCUT2D eigenvalue weighted by atomic mass is 28.2. The van der Waals surface area contributed by atoms with Crippen LogP contribution in [-0.2, 0) is 0 Å². The van der Waals surface area contributed by atoms with Gasteiger partial charge in [0.25, 0.3) is 0 Å². The average molecular weight is 87.2 g/mol. The van der Waals surface area contributed by atoms with Gasteiger partial charge in [-0.15, -0.1) is 0 Å². The lowest BCUT2D eigenvalue weighted by atomic mass is 10.3. The van der Waals surface area contributed by atoms with Crippen LogP contribution in [0.2, 0.25) is 0 Å². The Bertz CT molecular complexity index is 33.9. The molecule has 0 aromatic carbocycles. The third-order valence-corrected chi connectivity index (χ3v) is 1.97. The van der Waals surface area contributed by atoms with Crippen LogP contribution >= 0.6 is 0 Å². The van der Waals surface area contributed by atoms with Gasteiger partial charge in [0.05, 0.1) is 10.4 Å². The summed E-state index contributed by atoms with van der Waals surface area (Å²) in [5, 5.41) is 0. The lowest BCUT2D eigenvalue weighted by Gasteiger charge is -2.25. The molecule has 0 saturated carbocycles. The maximum atomic E-state index is 2.44. The van der Waals surface area contributed by atoms with E-state index in [2.05, 4.69) is 4.57 Å². The van der Waals surface area contributed by atoms with Crippen molar-refractivity contribution in [1.29, 1.82) is 0 Å². The van der Waals surface area contributed by atoms with Crippen molar-refractivity contribution in [3.05, 3.63) is 0 Å². The Balaban J connectivity index is 2.08. The molecule has 1 saturated heterocycles. The third-order valence-electron chi connectivity index (χ3n) is 1.08. The van der Waals surface area contributed by atoms with Crippen LogP contribution in [0.3, 0.4) is 0 Å². The van der Waals surface area contributed by atoms with Crippen molar-refractivity contribution >= 4 is 10.4 Å². The van der Waals surface area contributed by atoms with E-state index >= 15 is 0 Å². The molecule has 0 amide bonds. The van der Waals surface area contributed by atoms with Crippen LogP contribution in [0.15, 0.2) is 0 Å². The van der Waals surface area contributed by atoms with Crippen molar-refractivity contribution in [2.24, 2.45) is 0 Å². The molecule has 0 N–H and O–H groups in total. The Labute approximate surface area is 35.5 Å². The minimum absolute atomic E-state index is 1.29. The van der Waals surface area contributed by atoms with Crippen molar-refractivity contribution < 1.29 is 0 Å². The molecule has 0 aromatic rings.